The predicted octanol–water partition coefficient (Wildman–Crippen LogP) is 3.26. The number of nitrogens with one attached hydrogen (secondary N) is 3. The van der Waals surface area contributed by atoms with Gasteiger partial charge in [-0.3, -0.25) is 24.0 Å². The van der Waals surface area contributed by atoms with Gasteiger partial charge in [0.15, 0.2) is 0 Å². The van der Waals surface area contributed by atoms with E-state index < -0.39 is 74.8 Å². The molecule has 0 spiro atoms. The summed E-state index contributed by atoms with van der Waals surface area (Å²) in [4.78, 5) is 71.9. The number of fused-ring (bicyclic) bond motifs is 3. The summed E-state index contributed by atoms with van der Waals surface area (Å²) in [7, 11) is -3.90. The van der Waals surface area contributed by atoms with E-state index >= 15 is 0 Å². The number of carbonyl (C=O) groups is 5. The molecule has 4 fully saturated rings. The van der Waals surface area contributed by atoms with E-state index in [9.17, 15) is 32.4 Å². The third-order valence-electron chi connectivity index (χ3n) is 11.3. The van der Waals surface area contributed by atoms with Crippen molar-refractivity contribution in [1.29, 1.82) is 0 Å². The highest BCUT2D eigenvalue weighted by Gasteiger charge is 2.62. The summed E-state index contributed by atoms with van der Waals surface area (Å²) in [5, 5.41) is 4.93. The molecule has 1 aromatic rings. The molecule has 0 aromatic heterocycles. The van der Waals surface area contributed by atoms with Gasteiger partial charge in [-0.25, -0.2) is 18.0 Å². The molecule has 14 nitrogen and oxygen atoms in total. The van der Waals surface area contributed by atoms with Gasteiger partial charge < -0.3 is 25.0 Å². The molecule has 3 saturated carbocycles. The van der Waals surface area contributed by atoms with Crippen LogP contribution in [0.1, 0.15) is 87.3 Å². The van der Waals surface area contributed by atoms with Crippen molar-refractivity contribution in [2.24, 2.45) is 11.8 Å². The molecule has 0 unspecified atom stereocenters. The SMILES string of the molecule is C=C[C@H]1C[C@]1(NC(=O)[C@@H]1C[C@@H]2CN1C(=O)[C@H](C1CCCCC1)NC(=O)OCCC/C=C/c1cccc3c1CN(C3)C(=O)O2)C(=O)NS(=O)(=O)C1CC1. The number of ether oxygens (including phenoxy) is 2. The average Bonchev–Trinajstić information content (AvgIpc) is 4.02. The molecule has 3 aliphatic carbocycles. The standard InChI is InChI=1S/C37H47N5O9S/c1-2-26-19-37(26,34(45)40-52(48,49)28-15-16-28)39-32(43)30-18-27-21-42(30)33(44)31(24-11-5-3-6-12-24)38-35(46)50-17-8-4-7-10-23-13-9-14-25-20-41(22-29(23)25)36(47)51-27/h2,7,9-10,13-14,24,26-28,30-31H,1,3-6,8,11-12,15-22H2,(H,38,46)(H,39,43)(H,40,45)/b10-7+/t26-,27+,30-,31-,37+/m0/s1. The molecule has 7 rings (SSSR count). The first-order valence-electron chi connectivity index (χ1n) is 18.5. The molecule has 5 amide bonds. The lowest BCUT2D eigenvalue weighted by atomic mass is 9.83. The van der Waals surface area contributed by atoms with Crippen molar-refractivity contribution in [3.8, 4) is 0 Å². The number of carbonyl (C=O) groups excluding carboxylic acids is 5. The van der Waals surface area contributed by atoms with Crippen molar-refractivity contribution in [3.63, 3.8) is 0 Å². The number of hydrogen-bond acceptors (Lipinski definition) is 9. The van der Waals surface area contributed by atoms with Gasteiger partial charge in [0.1, 0.15) is 23.7 Å². The molecule has 4 bridgehead atoms. The highest BCUT2D eigenvalue weighted by Crippen LogP contribution is 2.45. The van der Waals surface area contributed by atoms with Crippen molar-refractivity contribution >= 4 is 46.0 Å². The number of amides is 5. The average molecular weight is 738 g/mol. The molecule has 1 saturated heterocycles. The summed E-state index contributed by atoms with van der Waals surface area (Å²) in [6.45, 7) is 4.48. The zero-order chi connectivity index (χ0) is 36.6. The van der Waals surface area contributed by atoms with Gasteiger partial charge in [0.05, 0.1) is 24.9 Å². The van der Waals surface area contributed by atoms with E-state index in [1.165, 1.54) is 11.0 Å². The Kier molecular flexibility index (Phi) is 10.1. The molecule has 1 aromatic carbocycles. The number of sulfonamides is 1. The zero-order valence-electron chi connectivity index (χ0n) is 29.2. The number of alkyl carbamates (subject to hydrolysis) is 1. The third-order valence-corrected chi connectivity index (χ3v) is 13.2. The van der Waals surface area contributed by atoms with Crippen LogP contribution in [0.3, 0.4) is 0 Å². The minimum Gasteiger partial charge on any atom is -0.450 e. The van der Waals surface area contributed by atoms with Crippen LogP contribution in [-0.4, -0.2) is 90.3 Å². The molecule has 3 aliphatic heterocycles. The molecule has 3 heterocycles. The third kappa shape index (κ3) is 7.42. The van der Waals surface area contributed by atoms with E-state index in [1.807, 2.05) is 30.4 Å². The maximum atomic E-state index is 14.6. The normalized spacial score (nSPS) is 30.5. The van der Waals surface area contributed by atoms with E-state index in [0.717, 1.165) is 36.0 Å². The van der Waals surface area contributed by atoms with Crippen molar-refractivity contribution in [3.05, 3.63) is 53.6 Å². The van der Waals surface area contributed by atoms with Gasteiger partial charge in [-0.1, -0.05) is 55.7 Å². The smallest absolute Gasteiger partial charge is 0.410 e. The first kappa shape index (κ1) is 36.0. The molecule has 3 N–H and O–H groups in total. The van der Waals surface area contributed by atoms with E-state index in [0.29, 0.717) is 51.6 Å². The maximum absolute atomic E-state index is 14.6. The molecule has 6 aliphatic rings. The molecule has 0 radical (unpaired) electrons. The Balaban J connectivity index is 1.16. The summed E-state index contributed by atoms with van der Waals surface area (Å²) in [6, 6.07) is 3.72. The quantitative estimate of drug-likeness (QED) is 0.354. The Morgan fingerprint density at radius 1 is 1.04 bits per heavy atom. The molecule has 280 valence electrons. The lowest BCUT2D eigenvalue weighted by molar-refractivity contribution is -0.142. The van der Waals surface area contributed by atoms with Gasteiger partial charge in [-0.2, -0.15) is 0 Å². The second-order valence-electron chi connectivity index (χ2n) is 15.0. The fraction of sp³-hybridized carbons (Fsp3) is 0.595. The van der Waals surface area contributed by atoms with E-state index in [2.05, 4.69) is 21.9 Å². The number of nitrogens with zero attached hydrogens (tertiary/aromatic N) is 2. The summed E-state index contributed by atoms with van der Waals surface area (Å²) in [5.41, 5.74) is 1.43. The second-order valence-corrected chi connectivity index (χ2v) is 16.9. The summed E-state index contributed by atoms with van der Waals surface area (Å²) in [5.74, 6) is -2.78. The monoisotopic (exact) mass is 737 g/mol. The summed E-state index contributed by atoms with van der Waals surface area (Å²) in [6.07, 6.45) is 9.70. The zero-order valence-corrected chi connectivity index (χ0v) is 30.0. The highest BCUT2D eigenvalue weighted by atomic mass is 32.2. The Hall–Kier alpha value is -4.40. The molecule has 5 atom stereocenters. The van der Waals surface area contributed by atoms with Crippen molar-refractivity contribution < 1.29 is 41.9 Å². The topological polar surface area (TPSA) is 181 Å². The first-order chi connectivity index (χ1) is 25.0. The van der Waals surface area contributed by atoms with Crippen LogP contribution in [0, 0.1) is 11.8 Å². The van der Waals surface area contributed by atoms with Crippen molar-refractivity contribution in [2.45, 2.75) is 113 Å². The van der Waals surface area contributed by atoms with Crippen LogP contribution >= 0.6 is 0 Å². The molecule has 52 heavy (non-hydrogen) atoms. The predicted molar refractivity (Wildman–Crippen MR) is 188 cm³/mol. The van der Waals surface area contributed by atoms with Gasteiger partial charge in [0, 0.05) is 18.9 Å². The Bertz CT molecular complexity index is 1770. The van der Waals surface area contributed by atoms with Crippen molar-refractivity contribution in [2.75, 3.05) is 13.2 Å². The fourth-order valence-electron chi connectivity index (χ4n) is 8.12. The van der Waals surface area contributed by atoms with E-state index in [-0.39, 0.29) is 31.9 Å². The Labute approximate surface area is 303 Å². The van der Waals surface area contributed by atoms with Crippen LogP contribution in [0.15, 0.2) is 36.9 Å². The molecular weight excluding hydrogens is 691 g/mol. The van der Waals surface area contributed by atoms with Crippen LogP contribution in [0.2, 0.25) is 0 Å². The van der Waals surface area contributed by atoms with Crippen LogP contribution in [-0.2, 0) is 47.0 Å². The summed E-state index contributed by atoms with van der Waals surface area (Å²) >= 11 is 0. The lowest BCUT2D eigenvalue weighted by Crippen LogP contribution is -2.59. The Morgan fingerprint density at radius 3 is 2.56 bits per heavy atom. The summed E-state index contributed by atoms with van der Waals surface area (Å²) < 4.78 is 39.0. The first-order valence-corrected chi connectivity index (χ1v) is 20.0. The van der Waals surface area contributed by atoms with Gasteiger partial charge in [0.2, 0.25) is 21.8 Å². The van der Waals surface area contributed by atoms with Crippen LogP contribution in [0.4, 0.5) is 9.59 Å². The number of cyclic esters (lactones) is 1. The highest BCUT2D eigenvalue weighted by molar-refractivity contribution is 7.91. The van der Waals surface area contributed by atoms with E-state index in [1.54, 1.807) is 4.90 Å². The second kappa shape index (κ2) is 14.6. The minimum atomic E-state index is -3.90. The van der Waals surface area contributed by atoms with Crippen LogP contribution in [0.25, 0.3) is 6.08 Å². The van der Waals surface area contributed by atoms with Crippen LogP contribution in [0.5, 0.6) is 0 Å². The van der Waals surface area contributed by atoms with Gasteiger partial charge in [0.25, 0.3) is 5.91 Å². The van der Waals surface area contributed by atoms with Gasteiger partial charge >= 0.3 is 12.2 Å². The lowest BCUT2D eigenvalue weighted by Gasteiger charge is -2.34. The largest absolute Gasteiger partial charge is 0.450 e. The number of rotatable bonds is 7. The number of allylic oxidation sites excluding steroid dienone is 1. The maximum Gasteiger partial charge on any atom is 0.410 e. The minimum absolute atomic E-state index is 0.0588. The molecule has 15 heteroatoms. The fourth-order valence-corrected chi connectivity index (χ4v) is 9.48. The number of hydrogen-bond donors (Lipinski definition) is 3. The van der Waals surface area contributed by atoms with Crippen molar-refractivity contribution in [1.82, 2.24) is 25.2 Å². The van der Waals surface area contributed by atoms with Gasteiger partial charge in [-0.05, 0) is 67.6 Å². The van der Waals surface area contributed by atoms with Crippen LogP contribution < -0.4 is 15.4 Å². The van der Waals surface area contributed by atoms with E-state index in [4.69, 9.17) is 9.47 Å². The Morgan fingerprint density at radius 2 is 1.83 bits per heavy atom. The molecular formula is C37H47N5O9S. The van der Waals surface area contributed by atoms with Gasteiger partial charge in [-0.15, -0.1) is 6.58 Å². The number of benzene rings is 1.